The number of nitrogens with zero attached hydrogens (tertiary/aromatic N) is 2. The highest BCUT2D eigenvalue weighted by molar-refractivity contribution is 5.66. The molecule has 2 rings (SSSR count). The van der Waals surface area contributed by atoms with Crippen molar-refractivity contribution in [3.63, 3.8) is 0 Å². The lowest BCUT2D eigenvalue weighted by atomic mass is 10.1. The maximum Gasteiger partial charge on any atom is 0.181 e. The van der Waals surface area contributed by atoms with Crippen LogP contribution in [-0.4, -0.2) is 22.2 Å². The molecule has 0 aliphatic carbocycles. The van der Waals surface area contributed by atoms with Gasteiger partial charge in [0.25, 0.3) is 0 Å². The Morgan fingerprint density at radius 3 is 2.67 bits per heavy atom. The summed E-state index contributed by atoms with van der Waals surface area (Å²) in [5.41, 5.74) is 3.30. The van der Waals surface area contributed by atoms with Crippen LogP contribution in [0.3, 0.4) is 0 Å². The summed E-state index contributed by atoms with van der Waals surface area (Å²) < 4.78 is 0. The molecule has 0 spiro atoms. The molecule has 0 radical (unpaired) electrons. The molecule has 1 aromatic heterocycles. The van der Waals surface area contributed by atoms with Crippen molar-refractivity contribution < 1.29 is 0 Å². The molecular weight excluding hydrogens is 188 g/mol. The van der Waals surface area contributed by atoms with Gasteiger partial charge in [0.1, 0.15) is 5.82 Å². The molecule has 0 fully saturated rings. The van der Waals surface area contributed by atoms with Gasteiger partial charge in [-0.2, -0.15) is 5.10 Å². The summed E-state index contributed by atoms with van der Waals surface area (Å²) in [5.74, 6) is 1.58. The number of rotatable bonds is 2. The van der Waals surface area contributed by atoms with Gasteiger partial charge in [-0.1, -0.05) is 6.07 Å². The first-order valence-electron chi connectivity index (χ1n) is 4.88. The van der Waals surface area contributed by atoms with Crippen LogP contribution in [0.4, 0.5) is 5.69 Å². The largest absolute Gasteiger partial charge is 0.388 e. The fraction of sp³-hybridized carbons (Fsp3) is 0.273. The monoisotopic (exact) mass is 202 g/mol. The average molecular weight is 202 g/mol. The van der Waals surface area contributed by atoms with Gasteiger partial charge < -0.3 is 5.32 Å². The molecule has 15 heavy (non-hydrogen) atoms. The number of aromatic amines is 1. The molecule has 1 heterocycles. The first-order chi connectivity index (χ1) is 7.20. The SMILES string of the molecule is CNc1ccc(C)c(-c2n[nH]c(C)n2)c1. The molecule has 0 unspecified atom stereocenters. The summed E-state index contributed by atoms with van der Waals surface area (Å²) in [5, 5.41) is 10.1. The van der Waals surface area contributed by atoms with Crippen molar-refractivity contribution in [3.8, 4) is 11.4 Å². The standard InChI is InChI=1S/C11H14N4/c1-7-4-5-9(12-3)6-10(7)11-13-8(2)14-15-11/h4-6,12H,1-3H3,(H,13,14,15). The smallest absolute Gasteiger partial charge is 0.181 e. The number of nitrogens with one attached hydrogen (secondary N) is 2. The highest BCUT2D eigenvalue weighted by Crippen LogP contribution is 2.23. The number of anilines is 1. The van der Waals surface area contributed by atoms with Gasteiger partial charge >= 0.3 is 0 Å². The third-order valence-corrected chi connectivity index (χ3v) is 2.36. The number of aromatic nitrogens is 3. The van der Waals surface area contributed by atoms with Crippen LogP contribution >= 0.6 is 0 Å². The molecule has 0 atom stereocenters. The van der Waals surface area contributed by atoms with Gasteiger partial charge in [0.2, 0.25) is 0 Å². The van der Waals surface area contributed by atoms with E-state index in [1.54, 1.807) is 0 Å². The van der Waals surface area contributed by atoms with E-state index < -0.39 is 0 Å². The molecule has 4 nitrogen and oxygen atoms in total. The highest BCUT2D eigenvalue weighted by Gasteiger charge is 2.07. The summed E-state index contributed by atoms with van der Waals surface area (Å²) >= 11 is 0. The van der Waals surface area contributed by atoms with Gasteiger partial charge in [0.15, 0.2) is 5.82 Å². The number of aryl methyl sites for hydroxylation is 2. The Kier molecular flexibility index (Phi) is 2.41. The van der Waals surface area contributed by atoms with E-state index in [1.807, 2.05) is 20.0 Å². The second-order valence-corrected chi connectivity index (χ2v) is 3.52. The topological polar surface area (TPSA) is 53.6 Å². The summed E-state index contributed by atoms with van der Waals surface area (Å²) in [4.78, 5) is 4.32. The predicted molar refractivity (Wildman–Crippen MR) is 60.8 cm³/mol. The molecule has 0 saturated heterocycles. The molecule has 0 bridgehead atoms. The first-order valence-corrected chi connectivity index (χ1v) is 4.88. The Balaban J connectivity index is 2.51. The van der Waals surface area contributed by atoms with E-state index >= 15 is 0 Å². The minimum atomic E-state index is 0.752. The minimum Gasteiger partial charge on any atom is -0.388 e. The Labute approximate surface area is 88.8 Å². The molecule has 0 saturated carbocycles. The van der Waals surface area contributed by atoms with Crippen LogP contribution in [0, 0.1) is 13.8 Å². The maximum absolute atomic E-state index is 4.32. The van der Waals surface area contributed by atoms with Crippen LogP contribution in [0.2, 0.25) is 0 Å². The number of hydrogen-bond donors (Lipinski definition) is 2. The summed E-state index contributed by atoms with van der Waals surface area (Å²) in [6, 6.07) is 6.16. The Morgan fingerprint density at radius 1 is 1.27 bits per heavy atom. The van der Waals surface area contributed by atoms with Crippen LogP contribution in [0.5, 0.6) is 0 Å². The van der Waals surface area contributed by atoms with E-state index in [2.05, 4.69) is 39.6 Å². The Morgan fingerprint density at radius 2 is 2.07 bits per heavy atom. The fourth-order valence-electron chi connectivity index (χ4n) is 1.48. The summed E-state index contributed by atoms with van der Waals surface area (Å²) in [6.45, 7) is 3.95. The Bertz CT molecular complexity index is 473. The van der Waals surface area contributed by atoms with E-state index in [9.17, 15) is 0 Å². The molecule has 0 aliphatic rings. The number of H-pyrrole nitrogens is 1. The molecule has 1 aromatic carbocycles. The van der Waals surface area contributed by atoms with Gasteiger partial charge in [0.05, 0.1) is 0 Å². The third-order valence-electron chi connectivity index (χ3n) is 2.36. The van der Waals surface area contributed by atoms with Crippen LogP contribution < -0.4 is 5.32 Å². The van der Waals surface area contributed by atoms with E-state index in [4.69, 9.17) is 0 Å². The predicted octanol–water partition coefficient (Wildman–Crippen LogP) is 2.13. The molecule has 78 valence electrons. The van der Waals surface area contributed by atoms with Crippen molar-refractivity contribution in [2.24, 2.45) is 0 Å². The second kappa shape index (κ2) is 3.73. The Hall–Kier alpha value is -1.84. The quantitative estimate of drug-likeness (QED) is 0.784. The molecule has 2 aromatic rings. The van der Waals surface area contributed by atoms with Crippen LogP contribution in [0.25, 0.3) is 11.4 Å². The van der Waals surface area contributed by atoms with Crippen LogP contribution in [0.1, 0.15) is 11.4 Å². The van der Waals surface area contributed by atoms with Crippen molar-refractivity contribution in [2.45, 2.75) is 13.8 Å². The zero-order valence-corrected chi connectivity index (χ0v) is 9.13. The molecular formula is C11H14N4. The third kappa shape index (κ3) is 1.83. The normalized spacial score (nSPS) is 10.3. The lowest BCUT2D eigenvalue weighted by Crippen LogP contribution is -1.91. The molecule has 2 N–H and O–H groups in total. The fourth-order valence-corrected chi connectivity index (χ4v) is 1.48. The van der Waals surface area contributed by atoms with Gasteiger partial charge in [-0.15, -0.1) is 0 Å². The summed E-state index contributed by atoms with van der Waals surface area (Å²) in [7, 11) is 1.90. The minimum absolute atomic E-state index is 0.752. The molecule has 0 aliphatic heterocycles. The van der Waals surface area contributed by atoms with E-state index in [1.165, 1.54) is 5.56 Å². The van der Waals surface area contributed by atoms with Crippen molar-refractivity contribution in [1.82, 2.24) is 15.2 Å². The zero-order valence-electron chi connectivity index (χ0n) is 9.13. The van der Waals surface area contributed by atoms with Gasteiger partial charge in [0, 0.05) is 18.3 Å². The maximum atomic E-state index is 4.32. The molecule has 0 amide bonds. The highest BCUT2D eigenvalue weighted by atomic mass is 15.2. The molecule has 4 heteroatoms. The van der Waals surface area contributed by atoms with E-state index in [-0.39, 0.29) is 0 Å². The van der Waals surface area contributed by atoms with Gasteiger partial charge in [-0.25, -0.2) is 4.98 Å². The van der Waals surface area contributed by atoms with Crippen LogP contribution in [0.15, 0.2) is 18.2 Å². The van der Waals surface area contributed by atoms with E-state index in [0.29, 0.717) is 0 Å². The van der Waals surface area contributed by atoms with Crippen molar-refractivity contribution in [2.75, 3.05) is 12.4 Å². The van der Waals surface area contributed by atoms with Gasteiger partial charge in [-0.3, -0.25) is 5.10 Å². The first kappa shape index (κ1) is 9.71. The number of benzene rings is 1. The second-order valence-electron chi connectivity index (χ2n) is 3.52. The van der Waals surface area contributed by atoms with Crippen molar-refractivity contribution in [3.05, 3.63) is 29.6 Å². The summed E-state index contributed by atoms with van der Waals surface area (Å²) in [6.07, 6.45) is 0. The lowest BCUT2D eigenvalue weighted by Gasteiger charge is -2.05. The number of hydrogen-bond acceptors (Lipinski definition) is 3. The van der Waals surface area contributed by atoms with Gasteiger partial charge in [-0.05, 0) is 31.5 Å². The average Bonchev–Trinajstić information content (AvgIpc) is 2.65. The van der Waals surface area contributed by atoms with Crippen LogP contribution in [-0.2, 0) is 0 Å². The van der Waals surface area contributed by atoms with Crippen molar-refractivity contribution >= 4 is 5.69 Å². The lowest BCUT2D eigenvalue weighted by molar-refractivity contribution is 1.04. The zero-order chi connectivity index (χ0) is 10.8. The van der Waals surface area contributed by atoms with Crippen molar-refractivity contribution in [1.29, 1.82) is 0 Å². The van der Waals surface area contributed by atoms with E-state index in [0.717, 1.165) is 22.9 Å².